The lowest BCUT2D eigenvalue weighted by Crippen LogP contribution is -2.11. The molecule has 0 saturated heterocycles. The molecule has 230 valence electrons. The molecule has 3 N–H and O–H groups in total. The highest BCUT2D eigenvalue weighted by molar-refractivity contribution is 7.23. The molecule has 4 heterocycles. The number of amides is 1. The first-order chi connectivity index (χ1) is 22.2. The summed E-state index contributed by atoms with van der Waals surface area (Å²) in [7, 11) is 0. The zero-order valence-electron chi connectivity index (χ0n) is 25.5. The summed E-state index contributed by atoms with van der Waals surface area (Å²) < 4.78 is 24.3. The standard InChI is InChI=1S/C35H30FN7O2S/c1-18(2)34(44)42-23-6-9-25(19(3)13-23)31-29(21-5-10-28(27(36)14-21)45-35-38-12-11-20(4)41-35)30-32(46-31)26(16-39-33(30)37)22-15-40-43(17-22)24-7-8-24/h5-6,9-17,24H,1,7-8H2,2-4H3,(H2,37,39)(H,42,44). The molecule has 0 bridgehead atoms. The normalized spacial score (nSPS) is 12.8. The molecule has 46 heavy (non-hydrogen) atoms. The molecule has 1 fully saturated rings. The van der Waals surface area contributed by atoms with Crippen LogP contribution in [0.25, 0.3) is 42.8 Å². The quantitative estimate of drug-likeness (QED) is 0.162. The maximum atomic E-state index is 15.7. The Morgan fingerprint density at radius 3 is 2.63 bits per heavy atom. The predicted molar refractivity (Wildman–Crippen MR) is 179 cm³/mol. The summed E-state index contributed by atoms with van der Waals surface area (Å²) >= 11 is 1.56. The average molecular weight is 632 g/mol. The number of ether oxygens (including phenoxy) is 1. The number of hydrogen-bond donors (Lipinski definition) is 2. The molecule has 4 aromatic heterocycles. The summed E-state index contributed by atoms with van der Waals surface area (Å²) in [5.74, 6) is -0.485. The third-order valence-corrected chi connectivity index (χ3v) is 9.14. The van der Waals surface area contributed by atoms with Crippen LogP contribution >= 0.6 is 11.3 Å². The third-order valence-electron chi connectivity index (χ3n) is 7.89. The van der Waals surface area contributed by atoms with Crippen LogP contribution in [0.5, 0.6) is 11.8 Å². The van der Waals surface area contributed by atoms with Gasteiger partial charge >= 0.3 is 6.01 Å². The predicted octanol–water partition coefficient (Wildman–Crippen LogP) is 8.26. The number of thiophene rings is 1. The summed E-state index contributed by atoms with van der Waals surface area (Å²) in [5, 5.41) is 8.20. The summed E-state index contributed by atoms with van der Waals surface area (Å²) in [5.41, 5.74) is 13.4. The molecule has 9 nitrogen and oxygen atoms in total. The molecule has 1 amide bonds. The van der Waals surface area contributed by atoms with E-state index in [4.69, 9.17) is 10.5 Å². The van der Waals surface area contributed by atoms with E-state index in [1.807, 2.05) is 49.1 Å². The fourth-order valence-electron chi connectivity index (χ4n) is 5.36. The van der Waals surface area contributed by atoms with Crippen LogP contribution in [0.3, 0.4) is 0 Å². The highest BCUT2D eigenvalue weighted by Gasteiger charge is 2.27. The van der Waals surface area contributed by atoms with Gasteiger partial charge in [0.15, 0.2) is 11.6 Å². The van der Waals surface area contributed by atoms with Gasteiger partial charge in [0.05, 0.1) is 12.2 Å². The van der Waals surface area contributed by atoms with E-state index in [2.05, 4.69) is 31.9 Å². The Labute approximate surface area is 268 Å². The Morgan fingerprint density at radius 2 is 1.91 bits per heavy atom. The van der Waals surface area contributed by atoms with E-state index < -0.39 is 5.82 Å². The zero-order valence-corrected chi connectivity index (χ0v) is 26.3. The van der Waals surface area contributed by atoms with Gasteiger partial charge in [-0.3, -0.25) is 9.48 Å². The molecule has 11 heteroatoms. The van der Waals surface area contributed by atoms with Crippen molar-refractivity contribution in [3.05, 3.63) is 96.5 Å². The van der Waals surface area contributed by atoms with E-state index in [9.17, 15) is 4.79 Å². The minimum atomic E-state index is -0.573. The van der Waals surface area contributed by atoms with Gasteiger partial charge in [0.1, 0.15) is 5.82 Å². The van der Waals surface area contributed by atoms with E-state index in [-0.39, 0.29) is 17.7 Å². The molecule has 1 aliphatic rings. The van der Waals surface area contributed by atoms with Crippen molar-refractivity contribution in [2.24, 2.45) is 0 Å². The number of carbonyl (C=O) groups excluding carboxylic acids is 1. The number of halogens is 1. The van der Waals surface area contributed by atoms with Crippen LogP contribution in [0.2, 0.25) is 0 Å². The Hall–Kier alpha value is -5.42. The first-order valence-electron chi connectivity index (χ1n) is 14.8. The molecule has 0 radical (unpaired) electrons. The SMILES string of the molecule is C=C(C)C(=O)Nc1ccc(-c2sc3c(-c4cnn(C5CC5)c4)cnc(N)c3c2-c2ccc(Oc3nccc(C)n3)c(F)c2)c(C)c1. The number of carbonyl (C=O) groups is 1. The van der Waals surface area contributed by atoms with Crippen LogP contribution in [0, 0.1) is 19.7 Å². The monoisotopic (exact) mass is 631 g/mol. The van der Waals surface area contributed by atoms with Gasteiger partial charge in [-0.25, -0.2) is 19.3 Å². The number of anilines is 2. The topological polar surface area (TPSA) is 121 Å². The smallest absolute Gasteiger partial charge is 0.322 e. The second-order valence-corrected chi connectivity index (χ2v) is 12.5. The van der Waals surface area contributed by atoms with Gasteiger partial charge in [-0.05, 0) is 80.6 Å². The molecule has 0 atom stereocenters. The number of aromatic nitrogens is 5. The highest BCUT2D eigenvalue weighted by atomic mass is 32.1. The minimum absolute atomic E-state index is 0.00324. The molecule has 6 aromatic rings. The van der Waals surface area contributed by atoms with Gasteiger partial charge in [-0.15, -0.1) is 11.3 Å². The summed E-state index contributed by atoms with van der Waals surface area (Å²) in [6.45, 7) is 9.17. The van der Waals surface area contributed by atoms with Crippen LogP contribution in [0.1, 0.15) is 37.1 Å². The van der Waals surface area contributed by atoms with E-state index in [0.717, 1.165) is 55.6 Å². The Kier molecular flexibility index (Phi) is 7.32. The number of rotatable bonds is 8. The fraction of sp³-hybridized carbons (Fsp3) is 0.171. The van der Waals surface area contributed by atoms with Crippen LogP contribution in [0.15, 0.2) is 79.4 Å². The van der Waals surface area contributed by atoms with Gasteiger partial charge < -0.3 is 15.8 Å². The van der Waals surface area contributed by atoms with Crippen molar-refractivity contribution < 1.29 is 13.9 Å². The maximum absolute atomic E-state index is 15.7. The van der Waals surface area contributed by atoms with Crippen molar-refractivity contribution in [2.75, 3.05) is 11.1 Å². The molecule has 1 saturated carbocycles. The van der Waals surface area contributed by atoms with E-state index in [0.29, 0.717) is 34.4 Å². The van der Waals surface area contributed by atoms with Crippen molar-refractivity contribution in [1.82, 2.24) is 24.7 Å². The van der Waals surface area contributed by atoms with Crippen molar-refractivity contribution in [3.63, 3.8) is 0 Å². The number of pyridine rings is 1. The average Bonchev–Trinajstić information content (AvgIpc) is 3.61. The van der Waals surface area contributed by atoms with Gasteiger partial charge in [0, 0.05) is 67.2 Å². The molecule has 2 aromatic carbocycles. The highest BCUT2D eigenvalue weighted by Crippen LogP contribution is 2.50. The number of nitrogens with zero attached hydrogens (tertiary/aromatic N) is 5. The second-order valence-electron chi connectivity index (χ2n) is 11.5. The Morgan fingerprint density at radius 1 is 1.09 bits per heavy atom. The number of nitrogens with two attached hydrogens (primary N) is 1. The summed E-state index contributed by atoms with van der Waals surface area (Å²) in [6.07, 6.45) is 9.48. The lowest BCUT2D eigenvalue weighted by atomic mass is 9.95. The van der Waals surface area contributed by atoms with Crippen LogP contribution in [-0.4, -0.2) is 30.6 Å². The fourth-order valence-corrected chi connectivity index (χ4v) is 6.81. The third kappa shape index (κ3) is 5.49. The van der Waals surface area contributed by atoms with E-state index >= 15 is 4.39 Å². The number of hydrogen-bond acceptors (Lipinski definition) is 8. The zero-order chi connectivity index (χ0) is 32.1. The van der Waals surface area contributed by atoms with Gasteiger partial charge in [0.25, 0.3) is 5.91 Å². The summed E-state index contributed by atoms with van der Waals surface area (Å²) in [4.78, 5) is 26.1. The van der Waals surface area contributed by atoms with Crippen molar-refractivity contribution >= 4 is 38.8 Å². The van der Waals surface area contributed by atoms with E-state index in [1.54, 1.807) is 48.9 Å². The molecule has 0 aliphatic heterocycles. The molecular weight excluding hydrogens is 601 g/mol. The molecule has 0 spiro atoms. The maximum Gasteiger partial charge on any atom is 0.322 e. The van der Waals surface area contributed by atoms with Crippen molar-refractivity contribution in [2.45, 2.75) is 39.7 Å². The van der Waals surface area contributed by atoms with Crippen LogP contribution < -0.4 is 15.8 Å². The summed E-state index contributed by atoms with van der Waals surface area (Å²) in [6, 6.07) is 12.7. The lowest BCUT2D eigenvalue weighted by Gasteiger charge is -2.12. The van der Waals surface area contributed by atoms with Gasteiger partial charge in [0.2, 0.25) is 0 Å². The number of benzene rings is 2. The van der Waals surface area contributed by atoms with Crippen LogP contribution in [0.4, 0.5) is 15.9 Å². The van der Waals surface area contributed by atoms with Crippen LogP contribution in [-0.2, 0) is 4.79 Å². The number of nitrogens with one attached hydrogen (secondary N) is 1. The first-order valence-corrected chi connectivity index (χ1v) is 15.6. The largest absolute Gasteiger partial charge is 0.421 e. The van der Waals surface area contributed by atoms with E-state index in [1.165, 1.54) is 6.07 Å². The van der Waals surface area contributed by atoms with Crippen molar-refractivity contribution in [3.8, 4) is 44.5 Å². The molecule has 7 rings (SSSR count). The Bertz CT molecular complexity index is 2180. The molecular formula is C35H30FN7O2S. The number of nitrogen functional groups attached to an aromatic ring is 1. The molecule has 0 unspecified atom stereocenters. The lowest BCUT2D eigenvalue weighted by molar-refractivity contribution is -0.112. The van der Waals surface area contributed by atoms with Gasteiger partial charge in [-0.2, -0.15) is 5.10 Å². The Balaban J connectivity index is 1.39. The second kappa shape index (κ2) is 11.5. The molecule has 1 aliphatic carbocycles. The number of aryl methyl sites for hydroxylation is 2. The minimum Gasteiger partial charge on any atom is -0.421 e. The van der Waals surface area contributed by atoms with Gasteiger partial charge in [-0.1, -0.05) is 18.7 Å². The van der Waals surface area contributed by atoms with Crippen molar-refractivity contribution in [1.29, 1.82) is 0 Å². The number of fused-ring (bicyclic) bond motifs is 1. The first kappa shape index (κ1) is 29.3.